The van der Waals surface area contributed by atoms with Gasteiger partial charge in [0.2, 0.25) is 0 Å². The summed E-state index contributed by atoms with van der Waals surface area (Å²) in [6, 6.07) is 12.0. The van der Waals surface area contributed by atoms with Crippen molar-refractivity contribution in [2.24, 2.45) is 0 Å². The van der Waals surface area contributed by atoms with Crippen LogP contribution >= 0.6 is 0 Å². The first-order chi connectivity index (χ1) is 13.3. The number of aryl methyl sites for hydroxylation is 1. The minimum atomic E-state index is -1.04. The summed E-state index contributed by atoms with van der Waals surface area (Å²) < 4.78 is 4.61. The fourth-order valence-corrected chi connectivity index (χ4v) is 2.27. The number of carboxylic acid groups (broad SMARTS) is 1. The number of aromatic nitrogens is 2. The van der Waals surface area contributed by atoms with Gasteiger partial charge in [-0.3, -0.25) is 9.59 Å². The molecule has 0 fully saturated rings. The molecule has 144 valence electrons. The van der Waals surface area contributed by atoms with E-state index in [-0.39, 0.29) is 16.7 Å². The van der Waals surface area contributed by atoms with E-state index in [1.807, 2.05) is 30.3 Å². The summed E-state index contributed by atoms with van der Waals surface area (Å²) in [7, 11) is 1.30. The molecule has 0 saturated carbocycles. The highest BCUT2D eigenvalue weighted by atomic mass is 16.5. The van der Waals surface area contributed by atoms with Crippen LogP contribution < -0.4 is 11.1 Å². The van der Waals surface area contributed by atoms with Crippen LogP contribution in [0.4, 0.5) is 0 Å². The molecule has 0 spiro atoms. The number of carbonyl (C=O) groups is 2. The number of H-pyrrole nitrogens is 2. The molecular formula is C20H18N2O6. The molecule has 0 bridgehead atoms. The molecular weight excluding hydrogens is 364 g/mol. The average Bonchev–Trinajstić information content (AvgIpc) is 2.71. The first-order valence-electron chi connectivity index (χ1n) is 8.12. The number of esters is 1. The van der Waals surface area contributed by atoms with Gasteiger partial charge in [0.1, 0.15) is 0 Å². The molecule has 0 atom stereocenters. The van der Waals surface area contributed by atoms with Gasteiger partial charge in [-0.15, -0.1) is 0 Å². The quantitative estimate of drug-likeness (QED) is 0.596. The van der Waals surface area contributed by atoms with Crippen LogP contribution in [0.5, 0.6) is 0 Å². The van der Waals surface area contributed by atoms with Gasteiger partial charge >= 0.3 is 11.9 Å². The minimum absolute atomic E-state index is 0.0992. The number of hydrogen-bond acceptors (Lipinski definition) is 5. The predicted molar refractivity (Wildman–Crippen MR) is 103 cm³/mol. The van der Waals surface area contributed by atoms with Crippen LogP contribution in [0.1, 0.15) is 26.3 Å². The molecule has 0 aliphatic heterocycles. The van der Waals surface area contributed by atoms with Crippen LogP contribution in [-0.2, 0) is 4.74 Å². The standard InChI is InChI=1S/C13H11NO3.C7H7NO3/c1-17-13(16)10-7-11(12(15)14-8-10)9-5-3-2-4-6-9;1-4-2-5(7(10)11)3-8-6(4)9/h2-8H,1H3,(H,14,15);2-3H,1H3,(H,8,9)(H,10,11). The molecule has 1 aromatic carbocycles. The lowest BCUT2D eigenvalue weighted by Crippen LogP contribution is -2.12. The number of ether oxygens (including phenoxy) is 1. The SMILES string of the molecule is COC(=O)c1c[nH]c(=O)c(-c2ccccc2)c1.Cc1cc(C(=O)O)c[nH]c1=O. The van der Waals surface area contributed by atoms with Crippen LogP contribution in [0.25, 0.3) is 11.1 Å². The van der Waals surface area contributed by atoms with Crippen molar-refractivity contribution >= 4 is 11.9 Å². The predicted octanol–water partition coefficient (Wildman–Crippen LogP) is 2.21. The number of nitrogens with one attached hydrogen (secondary N) is 2. The molecule has 0 unspecified atom stereocenters. The zero-order valence-electron chi connectivity index (χ0n) is 15.2. The third-order valence-electron chi connectivity index (χ3n) is 3.75. The monoisotopic (exact) mass is 382 g/mol. The highest BCUT2D eigenvalue weighted by molar-refractivity contribution is 5.90. The molecule has 8 nitrogen and oxygen atoms in total. The summed E-state index contributed by atoms with van der Waals surface area (Å²) in [5.74, 6) is -1.51. The number of benzene rings is 1. The van der Waals surface area contributed by atoms with Gasteiger partial charge < -0.3 is 19.8 Å². The third-order valence-corrected chi connectivity index (χ3v) is 3.75. The van der Waals surface area contributed by atoms with E-state index in [9.17, 15) is 19.2 Å². The maximum Gasteiger partial charge on any atom is 0.339 e. The fourth-order valence-electron chi connectivity index (χ4n) is 2.27. The minimum Gasteiger partial charge on any atom is -0.478 e. The van der Waals surface area contributed by atoms with Gasteiger partial charge in [-0.1, -0.05) is 30.3 Å². The number of carbonyl (C=O) groups excluding carboxylic acids is 1. The van der Waals surface area contributed by atoms with E-state index in [1.54, 1.807) is 6.92 Å². The first kappa shape index (κ1) is 20.4. The summed E-state index contributed by atoms with van der Waals surface area (Å²) in [5, 5.41) is 8.48. The van der Waals surface area contributed by atoms with Crippen molar-refractivity contribution < 1.29 is 19.4 Å². The highest BCUT2D eigenvalue weighted by Gasteiger charge is 2.10. The lowest BCUT2D eigenvalue weighted by molar-refractivity contribution is 0.0599. The third kappa shape index (κ3) is 5.04. The molecule has 0 radical (unpaired) electrons. The zero-order valence-corrected chi connectivity index (χ0v) is 15.2. The maximum absolute atomic E-state index is 11.7. The summed E-state index contributed by atoms with van der Waals surface area (Å²) in [4.78, 5) is 49.0. The van der Waals surface area contributed by atoms with Gasteiger partial charge in [0.15, 0.2) is 0 Å². The van der Waals surface area contributed by atoms with Crippen LogP contribution in [0.2, 0.25) is 0 Å². The number of methoxy groups -OCH3 is 1. The molecule has 2 heterocycles. The zero-order chi connectivity index (χ0) is 20.7. The Morgan fingerprint density at radius 2 is 1.54 bits per heavy atom. The fraction of sp³-hybridized carbons (Fsp3) is 0.100. The van der Waals surface area contributed by atoms with Crippen molar-refractivity contribution in [1.82, 2.24) is 9.97 Å². The second-order valence-corrected chi connectivity index (χ2v) is 5.69. The summed E-state index contributed by atoms with van der Waals surface area (Å²) in [5.41, 5.74) is 1.56. The molecule has 3 rings (SSSR count). The first-order valence-corrected chi connectivity index (χ1v) is 8.12. The van der Waals surface area contributed by atoms with Crippen molar-refractivity contribution in [2.45, 2.75) is 6.92 Å². The van der Waals surface area contributed by atoms with Crippen LogP contribution in [0.15, 0.2) is 64.4 Å². The Balaban J connectivity index is 0.000000221. The van der Waals surface area contributed by atoms with Gasteiger partial charge in [-0.05, 0) is 24.6 Å². The molecule has 2 aromatic heterocycles. The molecule has 0 aliphatic carbocycles. The second-order valence-electron chi connectivity index (χ2n) is 5.69. The lowest BCUT2D eigenvalue weighted by atomic mass is 10.1. The van der Waals surface area contributed by atoms with Crippen molar-refractivity contribution in [2.75, 3.05) is 7.11 Å². The highest BCUT2D eigenvalue weighted by Crippen LogP contribution is 2.15. The number of pyridine rings is 2. The summed E-state index contributed by atoms with van der Waals surface area (Å²) >= 11 is 0. The number of rotatable bonds is 3. The Morgan fingerprint density at radius 3 is 2.11 bits per heavy atom. The van der Waals surface area contributed by atoms with E-state index in [1.165, 1.54) is 31.6 Å². The Bertz CT molecular complexity index is 1100. The lowest BCUT2D eigenvalue weighted by Gasteiger charge is -2.03. The Morgan fingerprint density at radius 1 is 0.929 bits per heavy atom. The van der Waals surface area contributed by atoms with Gasteiger partial charge in [0.25, 0.3) is 11.1 Å². The Hall–Kier alpha value is -3.94. The van der Waals surface area contributed by atoms with Crippen LogP contribution in [-0.4, -0.2) is 34.1 Å². The number of aromatic carboxylic acids is 1. The Labute approximate surface area is 159 Å². The Kier molecular flexibility index (Phi) is 6.64. The number of aromatic amines is 2. The summed E-state index contributed by atoms with van der Waals surface area (Å²) in [6.07, 6.45) is 2.53. The number of carboxylic acids is 1. The second kappa shape index (κ2) is 9.13. The van der Waals surface area contributed by atoms with Crippen molar-refractivity contribution in [1.29, 1.82) is 0 Å². The van der Waals surface area contributed by atoms with Gasteiger partial charge in [0, 0.05) is 23.5 Å². The van der Waals surface area contributed by atoms with Crippen molar-refractivity contribution in [3.8, 4) is 11.1 Å². The number of hydrogen-bond donors (Lipinski definition) is 3. The molecule has 3 aromatic rings. The van der Waals surface area contributed by atoms with Gasteiger partial charge in [-0.2, -0.15) is 0 Å². The summed E-state index contributed by atoms with van der Waals surface area (Å²) in [6.45, 7) is 1.56. The molecule has 0 amide bonds. The van der Waals surface area contributed by atoms with Crippen molar-refractivity contribution in [3.63, 3.8) is 0 Å². The normalized spacial score (nSPS) is 9.79. The molecule has 28 heavy (non-hydrogen) atoms. The van der Waals surface area contributed by atoms with E-state index >= 15 is 0 Å². The van der Waals surface area contributed by atoms with Gasteiger partial charge in [-0.25, -0.2) is 9.59 Å². The van der Waals surface area contributed by atoms with E-state index in [4.69, 9.17) is 5.11 Å². The van der Waals surface area contributed by atoms with Gasteiger partial charge in [0.05, 0.1) is 18.2 Å². The molecule has 3 N–H and O–H groups in total. The smallest absolute Gasteiger partial charge is 0.339 e. The van der Waals surface area contributed by atoms with E-state index < -0.39 is 11.9 Å². The van der Waals surface area contributed by atoms with E-state index in [0.717, 1.165) is 5.56 Å². The van der Waals surface area contributed by atoms with Crippen LogP contribution in [0.3, 0.4) is 0 Å². The molecule has 0 aliphatic rings. The topological polar surface area (TPSA) is 129 Å². The van der Waals surface area contributed by atoms with E-state index in [2.05, 4.69) is 14.7 Å². The van der Waals surface area contributed by atoms with Crippen molar-refractivity contribution in [3.05, 3.63) is 92.3 Å². The molecule has 8 heteroatoms. The van der Waals surface area contributed by atoms with Crippen LogP contribution in [0, 0.1) is 6.92 Å². The average molecular weight is 382 g/mol. The largest absolute Gasteiger partial charge is 0.478 e. The maximum atomic E-state index is 11.7. The molecule has 0 saturated heterocycles. The van der Waals surface area contributed by atoms with E-state index in [0.29, 0.717) is 16.7 Å².